The van der Waals surface area contributed by atoms with E-state index in [1.54, 1.807) is 0 Å². The summed E-state index contributed by atoms with van der Waals surface area (Å²) in [7, 11) is 0. The number of aliphatic hydroxyl groups is 2. The van der Waals surface area contributed by atoms with Gasteiger partial charge in [-0.25, -0.2) is 0 Å². The van der Waals surface area contributed by atoms with Gasteiger partial charge in [0.15, 0.2) is 5.79 Å². The first kappa shape index (κ1) is 11.3. The highest BCUT2D eigenvalue weighted by Crippen LogP contribution is 2.64. The predicted molar refractivity (Wildman–Crippen MR) is 54.3 cm³/mol. The van der Waals surface area contributed by atoms with Crippen LogP contribution in [0.5, 0.6) is 0 Å². The smallest absolute Gasteiger partial charge is 0.174 e. The van der Waals surface area contributed by atoms with E-state index in [-0.39, 0.29) is 18.6 Å². The van der Waals surface area contributed by atoms with Crippen LogP contribution in [0.3, 0.4) is 0 Å². The van der Waals surface area contributed by atoms with Crippen LogP contribution in [0, 0.1) is 5.41 Å². The van der Waals surface area contributed by atoms with E-state index in [1.165, 1.54) is 6.42 Å². The summed E-state index contributed by atoms with van der Waals surface area (Å²) >= 11 is 0. The second-order valence-electron chi connectivity index (χ2n) is 4.53. The summed E-state index contributed by atoms with van der Waals surface area (Å²) in [6, 6.07) is 0. The lowest BCUT2D eigenvalue weighted by molar-refractivity contribution is -0.371. The molecule has 0 heterocycles. The molecule has 2 fully saturated rings. The highest BCUT2D eigenvalue weighted by Gasteiger charge is 2.63. The Labute approximate surface area is 90.2 Å². The molecule has 88 valence electrons. The molecule has 15 heavy (non-hydrogen) atoms. The minimum absolute atomic E-state index is 0.0281. The molecule has 2 saturated carbocycles. The molecule has 0 bridgehead atoms. The number of rotatable bonds is 6. The first-order valence-corrected chi connectivity index (χ1v) is 5.78. The molecule has 2 aliphatic carbocycles. The highest BCUT2D eigenvalue weighted by atomic mass is 16.7. The van der Waals surface area contributed by atoms with Crippen LogP contribution >= 0.6 is 0 Å². The molecule has 2 N–H and O–H groups in total. The van der Waals surface area contributed by atoms with E-state index in [2.05, 4.69) is 0 Å². The molecule has 0 aromatic heterocycles. The number of hydrogen-bond donors (Lipinski definition) is 2. The van der Waals surface area contributed by atoms with Gasteiger partial charge in [-0.15, -0.1) is 0 Å². The van der Waals surface area contributed by atoms with E-state index in [0.717, 1.165) is 25.7 Å². The number of hydrogen-bond acceptors (Lipinski definition) is 4. The lowest BCUT2D eigenvalue weighted by atomic mass is 9.52. The van der Waals surface area contributed by atoms with Gasteiger partial charge in [0.25, 0.3) is 0 Å². The standard InChI is InChI=1S/C11H20O4/c12-6-8-14-11(15-9-7-13)5-4-10(11)2-1-3-10/h12-13H,1-9H2. The Morgan fingerprint density at radius 3 is 1.73 bits per heavy atom. The predicted octanol–water partition coefficient (Wildman–Crippen LogP) is 0.665. The minimum atomic E-state index is -0.503. The second kappa shape index (κ2) is 4.37. The van der Waals surface area contributed by atoms with Crippen molar-refractivity contribution in [3.63, 3.8) is 0 Å². The van der Waals surface area contributed by atoms with Crippen LogP contribution in [0.2, 0.25) is 0 Å². The van der Waals surface area contributed by atoms with Gasteiger partial charge in [-0.2, -0.15) is 0 Å². The van der Waals surface area contributed by atoms with Crippen molar-refractivity contribution in [2.24, 2.45) is 5.41 Å². The summed E-state index contributed by atoms with van der Waals surface area (Å²) in [5.41, 5.74) is 0.192. The van der Waals surface area contributed by atoms with Crippen LogP contribution in [0.25, 0.3) is 0 Å². The summed E-state index contributed by atoms with van der Waals surface area (Å²) in [4.78, 5) is 0. The molecular weight excluding hydrogens is 196 g/mol. The lowest BCUT2D eigenvalue weighted by Gasteiger charge is -2.62. The van der Waals surface area contributed by atoms with Gasteiger partial charge < -0.3 is 19.7 Å². The van der Waals surface area contributed by atoms with Gasteiger partial charge >= 0.3 is 0 Å². The summed E-state index contributed by atoms with van der Waals surface area (Å²) in [6.07, 6.45) is 5.61. The molecule has 1 spiro atoms. The number of ether oxygens (including phenoxy) is 2. The van der Waals surface area contributed by atoms with Crippen molar-refractivity contribution < 1.29 is 19.7 Å². The summed E-state index contributed by atoms with van der Waals surface area (Å²) in [5, 5.41) is 17.6. The molecule has 2 aliphatic rings. The Morgan fingerprint density at radius 2 is 1.47 bits per heavy atom. The monoisotopic (exact) mass is 216 g/mol. The second-order valence-corrected chi connectivity index (χ2v) is 4.53. The first-order chi connectivity index (χ1) is 7.29. The van der Waals surface area contributed by atoms with Crippen molar-refractivity contribution in [1.29, 1.82) is 0 Å². The largest absolute Gasteiger partial charge is 0.394 e. The molecule has 0 radical (unpaired) electrons. The van der Waals surface area contributed by atoms with Gasteiger partial charge in [0.1, 0.15) is 0 Å². The molecule has 4 nitrogen and oxygen atoms in total. The van der Waals surface area contributed by atoms with Crippen molar-refractivity contribution >= 4 is 0 Å². The average molecular weight is 216 g/mol. The van der Waals surface area contributed by atoms with E-state index in [4.69, 9.17) is 19.7 Å². The fourth-order valence-electron chi connectivity index (χ4n) is 2.83. The van der Waals surface area contributed by atoms with E-state index in [9.17, 15) is 0 Å². The molecule has 0 aliphatic heterocycles. The maximum Gasteiger partial charge on any atom is 0.174 e. The summed E-state index contributed by atoms with van der Waals surface area (Å²) < 4.78 is 11.4. The van der Waals surface area contributed by atoms with Crippen molar-refractivity contribution in [1.82, 2.24) is 0 Å². The Kier molecular flexibility index (Phi) is 3.30. The molecule has 0 aromatic carbocycles. The fourth-order valence-corrected chi connectivity index (χ4v) is 2.83. The summed E-state index contributed by atoms with van der Waals surface area (Å²) in [5.74, 6) is -0.503. The quantitative estimate of drug-likeness (QED) is 0.640. The molecule has 0 atom stereocenters. The molecular formula is C11H20O4. The van der Waals surface area contributed by atoms with Gasteiger partial charge in [0, 0.05) is 11.8 Å². The molecule has 0 aromatic rings. The van der Waals surface area contributed by atoms with Crippen LogP contribution in [0.15, 0.2) is 0 Å². The third-order valence-corrected chi connectivity index (χ3v) is 3.90. The van der Waals surface area contributed by atoms with E-state index < -0.39 is 5.79 Å². The molecule has 0 unspecified atom stereocenters. The van der Waals surface area contributed by atoms with Crippen molar-refractivity contribution in [3.05, 3.63) is 0 Å². The maximum atomic E-state index is 8.81. The maximum absolute atomic E-state index is 8.81. The molecule has 0 saturated heterocycles. The van der Waals surface area contributed by atoms with E-state index in [1.807, 2.05) is 0 Å². The van der Waals surface area contributed by atoms with Crippen LogP contribution in [-0.4, -0.2) is 42.4 Å². The third-order valence-electron chi connectivity index (χ3n) is 3.90. The minimum Gasteiger partial charge on any atom is -0.394 e. The van der Waals surface area contributed by atoms with Crippen LogP contribution in [0.4, 0.5) is 0 Å². The van der Waals surface area contributed by atoms with Crippen molar-refractivity contribution in [2.75, 3.05) is 26.4 Å². The Morgan fingerprint density at radius 1 is 0.867 bits per heavy atom. The Balaban J connectivity index is 1.95. The molecule has 2 rings (SSSR count). The SMILES string of the molecule is OCCOC1(OCCO)CCC12CCC2. The molecule has 4 heteroatoms. The Bertz CT molecular complexity index is 199. The van der Waals surface area contributed by atoms with Gasteiger partial charge in [0.2, 0.25) is 0 Å². The van der Waals surface area contributed by atoms with Crippen molar-refractivity contribution in [3.8, 4) is 0 Å². The van der Waals surface area contributed by atoms with Gasteiger partial charge in [-0.1, -0.05) is 6.42 Å². The zero-order valence-corrected chi connectivity index (χ0v) is 9.07. The number of aliphatic hydroxyl groups excluding tert-OH is 2. The van der Waals surface area contributed by atoms with E-state index >= 15 is 0 Å². The third kappa shape index (κ3) is 1.69. The normalized spacial score (nSPS) is 26.0. The van der Waals surface area contributed by atoms with Crippen LogP contribution < -0.4 is 0 Å². The topological polar surface area (TPSA) is 58.9 Å². The Hall–Kier alpha value is -0.160. The van der Waals surface area contributed by atoms with Crippen molar-refractivity contribution in [2.45, 2.75) is 37.9 Å². The van der Waals surface area contributed by atoms with Gasteiger partial charge in [-0.05, 0) is 19.3 Å². The van der Waals surface area contributed by atoms with Gasteiger partial charge in [0.05, 0.1) is 26.4 Å². The first-order valence-electron chi connectivity index (χ1n) is 5.78. The molecule has 0 amide bonds. The highest BCUT2D eigenvalue weighted by molar-refractivity contribution is 5.08. The summed E-state index contributed by atoms with van der Waals surface area (Å²) in [6.45, 7) is 0.709. The average Bonchev–Trinajstić information content (AvgIpc) is 2.14. The zero-order chi connectivity index (χ0) is 10.8. The fraction of sp³-hybridized carbons (Fsp3) is 1.00. The van der Waals surface area contributed by atoms with E-state index in [0.29, 0.717) is 13.2 Å². The van der Waals surface area contributed by atoms with Gasteiger partial charge in [-0.3, -0.25) is 0 Å². The zero-order valence-electron chi connectivity index (χ0n) is 9.07. The van der Waals surface area contributed by atoms with Crippen LogP contribution in [0.1, 0.15) is 32.1 Å². The lowest BCUT2D eigenvalue weighted by Crippen LogP contribution is -2.64. The van der Waals surface area contributed by atoms with Crippen LogP contribution in [-0.2, 0) is 9.47 Å².